The van der Waals surface area contributed by atoms with Crippen LogP contribution in [-0.2, 0) is 11.7 Å². The number of aromatic amines is 1. The van der Waals surface area contributed by atoms with Gasteiger partial charge in [0.15, 0.2) is 0 Å². The standard InChI is InChI=1S/C27H31F3N4/c1-5-15-33(16-19-11-12-19)26(4,20-9-7-6-8-10-20)24-18(3)31-25-32-22-14-13-21(27(28,29)30)17(2)23(22)34(24)25/h6-10,13-14,19H,5,11-12,15-16H2,1-4H3,(H,31,32). The average Bonchev–Trinajstić information content (AvgIpc) is 3.45. The number of imidazole rings is 2. The molecule has 1 aliphatic carbocycles. The molecular weight excluding hydrogens is 437 g/mol. The van der Waals surface area contributed by atoms with E-state index in [9.17, 15) is 13.2 Å². The summed E-state index contributed by atoms with van der Waals surface area (Å²) in [5.74, 6) is 1.25. The van der Waals surface area contributed by atoms with E-state index in [4.69, 9.17) is 0 Å². The highest BCUT2D eigenvalue weighted by Gasteiger charge is 2.42. The average molecular weight is 469 g/mol. The van der Waals surface area contributed by atoms with Crippen molar-refractivity contribution in [1.82, 2.24) is 19.3 Å². The number of hydrogen-bond acceptors (Lipinski definition) is 2. The van der Waals surface area contributed by atoms with E-state index in [0.29, 0.717) is 22.7 Å². The molecular formula is C27H31F3N4. The number of rotatable bonds is 7. The lowest BCUT2D eigenvalue weighted by atomic mass is 9.84. The van der Waals surface area contributed by atoms with Crippen LogP contribution in [0.2, 0.25) is 0 Å². The summed E-state index contributed by atoms with van der Waals surface area (Å²) in [5.41, 5.74) is 3.13. The largest absolute Gasteiger partial charge is 0.416 e. The van der Waals surface area contributed by atoms with E-state index in [1.54, 1.807) is 6.92 Å². The van der Waals surface area contributed by atoms with Crippen LogP contribution in [-0.4, -0.2) is 32.4 Å². The quantitative estimate of drug-likeness (QED) is 0.322. The molecule has 34 heavy (non-hydrogen) atoms. The van der Waals surface area contributed by atoms with Gasteiger partial charge in [-0.05, 0) is 75.8 Å². The third kappa shape index (κ3) is 3.61. The van der Waals surface area contributed by atoms with Gasteiger partial charge in [-0.25, -0.2) is 4.98 Å². The third-order valence-electron chi connectivity index (χ3n) is 7.35. The molecule has 1 fully saturated rings. The molecule has 5 rings (SSSR count). The molecule has 2 aromatic carbocycles. The van der Waals surface area contributed by atoms with Crippen molar-refractivity contribution < 1.29 is 13.2 Å². The first kappa shape index (κ1) is 23.0. The number of H-pyrrole nitrogens is 1. The van der Waals surface area contributed by atoms with E-state index < -0.39 is 17.3 Å². The minimum absolute atomic E-state index is 0.206. The maximum Gasteiger partial charge on any atom is 0.416 e. The minimum Gasteiger partial charge on any atom is -0.327 e. The molecule has 0 bridgehead atoms. The first-order valence-corrected chi connectivity index (χ1v) is 12.0. The number of alkyl halides is 3. The molecule has 1 N–H and O–H groups in total. The molecule has 1 aliphatic rings. The molecule has 180 valence electrons. The van der Waals surface area contributed by atoms with Crippen molar-refractivity contribution in [2.24, 2.45) is 5.92 Å². The fourth-order valence-electron chi connectivity index (χ4n) is 5.53. The normalized spacial score (nSPS) is 16.6. The maximum absolute atomic E-state index is 13.8. The summed E-state index contributed by atoms with van der Waals surface area (Å²) in [4.78, 5) is 10.6. The van der Waals surface area contributed by atoms with Crippen LogP contribution in [0.4, 0.5) is 13.2 Å². The van der Waals surface area contributed by atoms with E-state index >= 15 is 0 Å². The Morgan fingerprint density at radius 3 is 2.41 bits per heavy atom. The van der Waals surface area contributed by atoms with E-state index in [1.165, 1.54) is 18.9 Å². The highest BCUT2D eigenvalue weighted by molar-refractivity contribution is 5.85. The molecule has 4 nitrogen and oxygen atoms in total. The highest BCUT2D eigenvalue weighted by atomic mass is 19.4. The van der Waals surface area contributed by atoms with Crippen molar-refractivity contribution in [3.63, 3.8) is 0 Å². The lowest BCUT2D eigenvalue weighted by Crippen LogP contribution is -2.47. The predicted octanol–water partition coefficient (Wildman–Crippen LogP) is 6.84. The van der Waals surface area contributed by atoms with Gasteiger partial charge >= 0.3 is 6.18 Å². The van der Waals surface area contributed by atoms with Crippen LogP contribution in [0.15, 0.2) is 42.5 Å². The molecule has 0 radical (unpaired) electrons. The van der Waals surface area contributed by atoms with Gasteiger partial charge in [0.25, 0.3) is 0 Å². The summed E-state index contributed by atoms with van der Waals surface area (Å²) < 4.78 is 43.4. The smallest absolute Gasteiger partial charge is 0.327 e. The van der Waals surface area contributed by atoms with Crippen LogP contribution in [0.3, 0.4) is 0 Å². The van der Waals surface area contributed by atoms with Gasteiger partial charge in [0.1, 0.15) is 0 Å². The van der Waals surface area contributed by atoms with Crippen molar-refractivity contribution in [2.45, 2.75) is 58.7 Å². The Kier molecular flexibility index (Phi) is 5.51. The van der Waals surface area contributed by atoms with Crippen LogP contribution in [0.5, 0.6) is 0 Å². The molecule has 1 saturated carbocycles. The fourth-order valence-corrected chi connectivity index (χ4v) is 5.53. The molecule has 1 atom stereocenters. The van der Waals surface area contributed by atoms with Crippen molar-refractivity contribution in [3.8, 4) is 0 Å². The van der Waals surface area contributed by atoms with Gasteiger partial charge in [0.05, 0.1) is 27.8 Å². The molecule has 7 heteroatoms. The monoisotopic (exact) mass is 468 g/mol. The van der Waals surface area contributed by atoms with Crippen molar-refractivity contribution >= 4 is 16.8 Å². The number of fused-ring (bicyclic) bond motifs is 3. The fraction of sp³-hybridized carbons (Fsp3) is 0.444. The van der Waals surface area contributed by atoms with Gasteiger partial charge in [-0.2, -0.15) is 13.2 Å². The number of nitrogens with zero attached hydrogens (tertiary/aromatic N) is 3. The van der Waals surface area contributed by atoms with E-state index in [0.717, 1.165) is 42.5 Å². The summed E-state index contributed by atoms with van der Waals surface area (Å²) in [6, 6.07) is 12.9. The molecule has 4 aromatic rings. The number of halogens is 3. The van der Waals surface area contributed by atoms with Gasteiger partial charge in [-0.3, -0.25) is 9.30 Å². The Hall–Kier alpha value is -2.80. The van der Waals surface area contributed by atoms with Gasteiger partial charge < -0.3 is 4.98 Å². The lowest BCUT2D eigenvalue weighted by molar-refractivity contribution is -0.137. The van der Waals surface area contributed by atoms with Gasteiger partial charge in [0, 0.05) is 12.2 Å². The molecule has 0 amide bonds. The predicted molar refractivity (Wildman–Crippen MR) is 129 cm³/mol. The molecule has 0 aliphatic heterocycles. The summed E-state index contributed by atoms with van der Waals surface area (Å²) >= 11 is 0. The number of aryl methyl sites for hydroxylation is 2. The maximum atomic E-state index is 13.8. The van der Waals surface area contributed by atoms with Crippen LogP contribution in [0.25, 0.3) is 16.8 Å². The van der Waals surface area contributed by atoms with Crippen molar-refractivity contribution in [1.29, 1.82) is 0 Å². The van der Waals surface area contributed by atoms with Crippen molar-refractivity contribution in [3.05, 3.63) is 70.5 Å². The SMILES string of the molecule is CCCN(CC1CC1)C(C)(c1ccccc1)c1c(C)[nH]c2nc3ccc(C(F)(F)F)c(C)c3n12. The zero-order chi connectivity index (χ0) is 24.3. The molecule has 0 spiro atoms. The van der Waals surface area contributed by atoms with Gasteiger partial charge in [-0.15, -0.1) is 0 Å². The Labute approximate surface area is 197 Å². The third-order valence-corrected chi connectivity index (χ3v) is 7.35. The van der Waals surface area contributed by atoms with Crippen LogP contribution in [0.1, 0.15) is 61.2 Å². The lowest BCUT2D eigenvalue weighted by Gasteiger charge is -2.42. The van der Waals surface area contributed by atoms with E-state index in [-0.39, 0.29) is 5.56 Å². The molecule has 0 saturated heterocycles. The van der Waals surface area contributed by atoms with Crippen LogP contribution >= 0.6 is 0 Å². The number of nitrogens with one attached hydrogen (secondary N) is 1. The topological polar surface area (TPSA) is 36.3 Å². The van der Waals surface area contributed by atoms with Gasteiger partial charge in [-0.1, -0.05) is 37.3 Å². The Balaban J connectivity index is 1.84. The Bertz CT molecular complexity index is 1330. The second-order valence-corrected chi connectivity index (χ2v) is 9.80. The van der Waals surface area contributed by atoms with Gasteiger partial charge in [0.2, 0.25) is 5.78 Å². The summed E-state index contributed by atoms with van der Waals surface area (Å²) in [5, 5.41) is 0. The molecule has 2 aromatic heterocycles. The minimum atomic E-state index is -4.42. The zero-order valence-electron chi connectivity index (χ0n) is 20.1. The van der Waals surface area contributed by atoms with E-state index in [2.05, 4.69) is 40.8 Å². The Morgan fingerprint density at radius 1 is 1.09 bits per heavy atom. The summed E-state index contributed by atoms with van der Waals surface area (Å²) in [6.45, 7) is 9.81. The summed E-state index contributed by atoms with van der Waals surface area (Å²) in [6.07, 6.45) is -0.968. The second kappa shape index (κ2) is 8.15. The number of aromatic nitrogens is 3. The van der Waals surface area contributed by atoms with Crippen LogP contribution in [0, 0.1) is 19.8 Å². The van der Waals surface area contributed by atoms with Crippen molar-refractivity contribution in [2.75, 3.05) is 13.1 Å². The van der Waals surface area contributed by atoms with Crippen LogP contribution < -0.4 is 0 Å². The number of benzene rings is 2. The first-order valence-electron chi connectivity index (χ1n) is 12.0. The number of hydrogen-bond donors (Lipinski definition) is 1. The first-order chi connectivity index (χ1) is 16.2. The van der Waals surface area contributed by atoms with E-state index in [1.807, 2.05) is 29.5 Å². The summed E-state index contributed by atoms with van der Waals surface area (Å²) in [7, 11) is 0. The Morgan fingerprint density at radius 2 is 1.79 bits per heavy atom. The second-order valence-electron chi connectivity index (χ2n) is 9.80. The molecule has 2 heterocycles. The zero-order valence-corrected chi connectivity index (χ0v) is 20.1. The highest BCUT2D eigenvalue weighted by Crippen LogP contribution is 2.43. The molecule has 1 unspecified atom stereocenters.